The van der Waals surface area contributed by atoms with E-state index < -0.39 is 24.3 Å². The van der Waals surface area contributed by atoms with E-state index >= 15 is 0 Å². The highest BCUT2D eigenvalue weighted by Crippen LogP contribution is 2.17. The van der Waals surface area contributed by atoms with E-state index in [9.17, 15) is 19.5 Å². The summed E-state index contributed by atoms with van der Waals surface area (Å²) in [5, 5.41) is 11.8. The van der Waals surface area contributed by atoms with Gasteiger partial charge in [-0.2, -0.15) is 0 Å². The van der Waals surface area contributed by atoms with Gasteiger partial charge in [-0.15, -0.1) is 0 Å². The van der Waals surface area contributed by atoms with Crippen LogP contribution in [0, 0.1) is 0 Å². The molecule has 0 aliphatic heterocycles. The van der Waals surface area contributed by atoms with Gasteiger partial charge in [-0.05, 0) is 51.4 Å². The lowest BCUT2D eigenvalue weighted by Crippen LogP contribution is -2.44. The maximum atomic E-state index is 12.9. The van der Waals surface area contributed by atoms with Crippen LogP contribution in [0.5, 0.6) is 0 Å². The number of rotatable bonds is 57. The molecule has 0 heterocycles. The first-order valence-corrected chi connectivity index (χ1v) is 30.8. The van der Waals surface area contributed by atoms with Crippen LogP contribution >= 0.6 is 0 Å². The Bertz CT molecular complexity index is 1340. The molecule has 0 radical (unpaired) electrons. The highest BCUT2D eigenvalue weighted by atomic mass is 16.7. The number of carbonyl (C=O) groups is 3. The van der Waals surface area contributed by atoms with Crippen molar-refractivity contribution in [3.63, 3.8) is 0 Å². The Hall–Kier alpha value is -2.75. The standard InChI is InChI=1S/C64H117NO8/c1-6-8-10-12-14-16-18-20-22-23-24-25-26-27-28-29-30-31-32-33-34-35-36-37-38-39-41-43-45-47-49-51-53-55-62(67)73-60(59-72-64(63(68)69)70-57-56-65(3,4)5)58-71-61(66)54-52-50-48-46-44-42-40-21-19-17-15-13-11-9-7-2/h8,10,14,16,20,22,24-25,60,64H,6-7,9,11-13,15,17-19,21,23,26-59H2,1-5H3/b10-8-,16-14-,22-20-,25-24-. The lowest BCUT2D eigenvalue weighted by molar-refractivity contribution is -0.870. The molecule has 0 rings (SSSR count). The van der Waals surface area contributed by atoms with Crippen molar-refractivity contribution >= 4 is 17.9 Å². The number of nitrogens with zero attached hydrogens (tertiary/aromatic N) is 1. The molecule has 0 N–H and O–H groups in total. The monoisotopic (exact) mass is 1030 g/mol. The van der Waals surface area contributed by atoms with Gasteiger partial charge in [0.25, 0.3) is 0 Å². The molecule has 0 fully saturated rings. The van der Waals surface area contributed by atoms with Crippen molar-refractivity contribution in [2.45, 2.75) is 296 Å². The average Bonchev–Trinajstić information content (AvgIpc) is 3.36. The van der Waals surface area contributed by atoms with E-state index in [2.05, 4.69) is 62.5 Å². The molecule has 2 atom stereocenters. The van der Waals surface area contributed by atoms with E-state index in [0.29, 0.717) is 17.4 Å². The number of hydrogen-bond acceptors (Lipinski definition) is 8. The van der Waals surface area contributed by atoms with Crippen molar-refractivity contribution in [1.29, 1.82) is 0 Å². The Morgan fingerprint density at radius 3 is 1.16 bits per heavy atom. The first kappa shape index (κ1) is 70.2. The molecule has 9 nitrogen and oxygen atoms in total. The predicted octanol–water partition coefficient (Wildman–Crippen LogP) is 16.9. The summed E-state index contributed by atoms with van der Waals surface area (Å²) in [5.41, 5.74) is 0. The molecule has 0 spiro atoms. The lowest BCUT2D eigenvalue weighted by Gasteiger charge is -2.26. The van der Waals surface area contributed by atoms with Crippen LogP contribution in [-0.4, -0.2) is 82.3 Å². The minimum Gasteiger partial charge on any atom is -0.545 e. The summed E-state index contributed by atoms with van der Waals surface area (Å²) < 4.78 is 22.7. The Morgan fingerprint density at radius 2 is 0.781 bits per heavy atom. The van der Waals surface area contributed by atoms with E-state index in [0.717, 1.165) is 64.2 Å². The van der Waals surface area contributed by atoms with Crippen molar-refractivity contribution in [2.75, 3.05) is 47.5 Å². The molecular weight excluding hydrogens is 911 g/mol. The maximum Gasteiger partial charge on any atom is 0.306 e. The summed E-state index contributed by atoms with van der Waals surface area (Å²) in [5.74, 6) is -2.26. The van der Waals surface area contributed by atoms with E-state index in [1.807, 2.05) is 21.1 Å². The Kier molecular flexibility index (Phi) is 53.4. The third-order valence-electron chi connectivity index (χ3n) is 13.6. The van der Waals surface area contributed by atoms with Gasteiger partial charge in [-0.1, -0.05) is 268 Å². The first-order valence-electron chi connectivity index (χ1n) is 30.8. The molecule has 0 saturated carbocycles. The molecule has 2 unspecified atom stereocenters. The van der Waals surface area contributed by atoms with Crippen molar-refractivity contribution in [3.8, 4) is 0 Å². The van der Waals surface area contributed by atoms with Gasteiger partial charge < -0.3 is 33.3 Å². The molecule has 0 saturated heterocycles. The molecule has 0 bridgehead atoms. The molecule has 0 aromatic rings. The molecule has 0 aliphatic rings. The van der Waals surface area contributed by atoms with E-state index in [1.54, 1.807) is 0 Å². The van der Waals surface area contributed by atoms with Crippen LogP contribution in [0.3, 0.4) is 0 Å². The second-order valence-electron chi connectivity index (χ2n) is 22.0. The molecule has 9 heteroatoms. The number of esters is 2. The number of likely N-dealkylation sites (N-methyl/N-ethyl adjacent to an activating group) is 1. The predicted molar refractivity (Wildman–Crippen MR) is 306 cm³/mol. The number of carboxylic acids is 1. The average molecular weight is 1030 g/mol. The number of carboxylic acid groups (broad SMARTS) is 1. The van der Waals surface area contributed by atoms with Crippen molar-refractivity contribution in [1.82, 2.24) is 0 Å². The summed E-state index contributed by atoms with van der Waals surface area (Å²) in [6, 6.07) is 0. The normalized spacial score (nSPS) is 13.1. The minimum absolute atomic E-state index is 0.150. The van der Waals surface area contributed by atoms with E-state index in [-0.39, 0.29) is 32.2 Å². The van der Waals surface area contributed by atoms with E-state index in [1.165, 1.54) is 193 Å². The summed E-state index contributed by atoms with van der Waals surface area (Å²) in [6.45, 7) is 4.68. The molecule has 73 heavy (non-hydrogen) atoms. The van der Waals surface area contributed by atoms with Crippen molar-refractivity contribution in [2.24, 2.45) is 0 Å². The molecule has 0 amide bonds. The van der Waals surface area contributed by atoms with Crippen LogP contribution < -0.4 is 5.11 Å². The summed E-state index contributed by atoms with van der Waals surface area (Å²) in [7, 11) is 5.93. The van der Waals surface area contributed by atoms with Gasteiger partial charge in [0, 0.05) is 12.8 Å². The third-order valence-corrected chi connectivity index (χ3v) is 13.6. The smallest absolute Gasteiger partial charge is 0.306 e. The van der Waals surface area contributed by atoms with Gasteiger partial charge in [-0.3, -0.25) is 9.59 Å². The zero-order chi connectivity index (χ0) is 53.4. The Balaban J connectivity index is 4.06. The second-order valence-corrected chi connectivity index (χ2v) is 22.0. The molecule has 0 aliphatic carbocycles. The summed E-state index contributed by atoms with van der Waals surface area (Å²) >= 11 is 0. The highest BCUT2D eigenvalue weighted by molar-refractivity contribution is 5.70. The zero-order valence-electron chi connectivity index (χ0n) is 48.5. The van der Waals surface area contributed by atoms with Gasteiger partial charge in [0.15, 0.2) is 12.4 Å². The second kappa shape index (κ2) is 55.5. The Labute approximate surface area is 451 Å². The molecular formula is C64H117NO8. The number of ether oxygens (including phenoxy) is 4. The third kappa shape index (κ3) is 56.8. The number of hydrogen-bond donors (Lipinski definition) is 0. The highest BCUT2D eigenvalue weighted by Gasteiger charge is 2.22. The van der Waals surface area contributed by atoms with Crippen LogP contribution in [-0.2, 0) is 33.3 Å². The number of allylic oxidation sites excluding steroid dienone is 8. The fraction of sp³-hybridized carbons (Fsp3) is 0.828. The number of aliphatic carboxylic acids is 1. The topological polar surface area (TPSA) is 111 Å². The fourth-order valence-electron chi connectivity index (χ4n) is 8.88. The lowest BCUT2D eigenvalue weighted by atomic mass is 10.0. The SMILES string of the molecule is CC/C=C\C/C=C\C/C=C\C/C=C\CCCCCCCCCCCCCCCCCCCCCCC(=O)OC(COC(=O)CCCCCCCCCCCCCCCCC)COC(OCC[N+](C)(C)C)C(=O)[O-]. The summed E-state index contributed by atoms with van der Waals surface area (Å²) in [6.07, 6.45) is 66.0. The molecule has 0 aromatic heterocycles. The van der Waals surface area contributed by atoms with E-state index in [4.69, 9.17) is 18.9 Å². The van der Waals surface area contributed by atoms with Crippen LogP contribution in [0.2, 0.25) is 0 Å². The van der Waals surface area contributed by atoms with Gasteiger partial charge in [0.1, 0.15) is 13.2 Å². The Morgan fingerprint density at radius 1 is 0.425 bits per heavy atom. The van der Waals surface area contributed by atoms with Crippen LogP contribution in [0.1, 0.15) is 284 Å². The van der Waals surface area contributed by atoms with Crippen LogP contribution in [0.15, 0.2) is 48.6 Å². The quantitative estimate of drug-likeness (QED) is 0.0195. The largest absolute Gasteiger partial charge is 0.545 e. The number of quaternary nitrogens is 1. The van der Waals surface area contributed by atoms with Gasteiger partial charge in [0.2, 0.25) is 0 Å². The first-order chi connectivity index (χ1) is 35.6. The zero-order valence-corrected chi connectivity index (χ0v) is 48.5. The van der Waals surface area contributed by atoms with Gasteiger partial charge in [0.05, 0.1) is 40.3 Å². The number of carbonyl (C=O) groups excluding carboxylic acids is 3. The molecule has 426 valence electrons. The maximum absolute atomic E-state index is 12.9. The van der Waals surface area contributed by atoms with Crippen molar-refractivity contribution in [3.05, 3.63) is 48.6 Å². The van der Waals surface area contributed by atoms with Crippen LogP contribution in [0.4, 0.5) is 0 Å². The van der Waals surface area contributed by atoms with Gasteiger partial charge >= 0.3 is 11.9 Å². The minimum atomic E-state index is -1.62. The van der Waals surface area contributed by atoms with Crippen molar-refractivity contribution < 1.29 is 42.9 Å². The van der Waals surface area contributed by atoms with Crippen LogP contribution in [0.25, 0.3) is 0 Å². The fourth-order valence-corrected chi connectivity index (χ4v) is 8.88. The van der Waals surface area contributed by atoms with Gasteiger partial charge in [-0.25, -0.2) is 0 Å². The molecule has 0 aromatic carbocycles. The summed E-state index contributed by atoms with van der Waals surface area (Å²) in [4.78, 5) is 37.3. The number of unbranched alkanes of at least 4 members (excludes halogenated alkanes) is 34.